The molecule has 2 nitrogen and oxygen atoms in total. The summed E-state index contributed by atoms with van der Waals surface area (Å²) in [7, 11) is 0. The van der Waals surface area contributed by atoms with Gasteiger partial charge >= 0.3 is 12.1 Å². The second kappa shape index (κ2) is 4.74. The zero-order valence-electron chi connectivity index (χ0n) is 7.91. The second-order valence-electron chi connectivity index (χ2n) is 3.17. The van der Waals surface area contributed by atoms with Crippen LogP contribution in [0.25, 0.3) is 0 Å². The van der Waals surface area contributed by atoms with Crippen molar-refractivity contribution in [2.75, 3.05) is 0 Å². The number of rotatable bonds is 3. The number of hydrogen-bond donors (Lipinski definition) is 1. The molecule has 0 radical (unpaired) electrons. The zero-order chi connectivity index (χ0) is 12.3. The Morgan fingerprint density at radius 3 is 2.12 bits per heavy atom. The van der Waals surface area contributed by atoms with Crippen LogP contribution in [0.1, 0.15) is 11.5 Å². The fourth-order valence-electron chi connectivity index (χ4n) is 1.29. The average molecular weight is 253 g/mol. The molecule has 0 heterocycles. The molecule has 1 aromatic rings. The standard InChI is InChI=1S/C10H8ClF3O2/c11-8(10(12,13)14)7(9(15)16)6-4-2-1-3-5-6/h1-5,7-8H,(H,15,16). The lowest BCUT2D eigenvalue weighted by Gasteiger charge is -2.21. The van der Waals surface area contributed by atoms with Crippen molar-refractivity contribution in [1.29, 1.82) is 0 Å². The minimum Gasteiger partial charge on any atom is -0.481 e. The van der Waals surface area contributed by atoms with Crippen LogP contribution in [0, 0.1) is 0 Å². The quantitative estimate of drug-likeness (QED) is 0.840. The molecule has 0 bridgehead atoms. The average Bonchev–Trinajstić information content (AvgIpc) is 2.17. The van der Waals surface area contributed by atoms with Gasteiger partial charge in [-0.1, -0.05) is 30.3 Å². The minimum atomic E-state index is -4.75. The molecule has 1 rings (SSSR count). The molecule has 2 atom stereocenters. The molecule has 0 aliphatic rings. The van der Waals surface area contributed by atoms with Gasteiger partial charge in [0, 0.05) is 0 Å². The highest BCUT2D eigenvalue weighted by atomic mass is 35.5. The van der Waals surface area contributed by atoms with Gasteiger partial charge in [0.05, 0.1) is 0 Å². The van der Waals surface area contributed by atoms with Gasteiger partial charge in [-0.15, -0.1) is 11.6 Å². The van der Waals surface area contributed by atoms with Gasteiger partial charge in [0.2, 0.25) is 0 Å². The van der Waals surface area contributed by atoms with E-state index < -0.39 is 23.4 Å². The van der Waals surface area contributed by atoms with Gasteiger partial charge in [-0.25, -0.2) is 0 Å². The lowest BCUT2D eigenvalue weighted by molar-refractivity contribution is -0.154. The molecule has 0 amide bonds. The van der Waals surface area contributed by atoms with Crippen molar-refractivity contribution in [3.63, 3.8) is 0 Å². The summed E-state index contributed by atoms with van der Waals surface area (Å²) in [6, 6.07) is 7.12. The van der Waals surface area contributed by atoms with Crippen molar-refractivity contribution in [2.45, 2.75) is 17.5 Å². The van der Waals surface area contributed by atoms with Gasteiger partial charge in [-0.2, -0.15) is 13.2 Å². The van der Waals surface area contributed by atoms with Gasteiger partial charge in [0.15, 0.2) is 0 Å². The summed E-state index contributed by atoms with van der Waals surface area (Å²) >= 11 is 5.15. The summed E-state index contributed by atoms with van der Waals surface area (Å²) in [5.41, 5.74) is 0.0346. The van der Waals surface area contributed by atoms with Crippen LogP contribution in [-0.4, -0.2) is 22.6 Å². The van der Waals surface area contributed by atoms with Gasteiger partial charge in [-0.3, -0.25) is 4.79 Å². The van der Waals surface area contributed by atoms with Crippen LogP contribution in [0.15, 0.2) is 30.3 Å². The Balaban J connectivity index is 3.07. The lowest BCUT2D eigenvalue weighted by Crippen LogP contribution is -2.34. The van der Waals surface area contributed by atoms with Crippen LogP contribution in [0.5, 0.6) is 0 Å². The van der Waals surface area contributed by atoms with E-state index in [0.717, 1.165) is 0 Å². The van der Waals surface area contributed by atoms with Crippen molar-refractivity contribution in [1.82, 2.24) is 0 Å². The summed E-state index contributed by atoms with van der Waals surface area (Å²) in [6.07, 6.45) is -4.75. The molecule has 1 N–H and O–H groups in total. The molecule has 2 unspecified atom stereocenters. The Hall–Kier alpha value is -1.23. The van der Waals surface area contributed by atoms with Crippen molar-refractivity contribution < 1.29 is 23.1 Å². The maximum absolute atomic E-state index is 12.3. The number of benzene rings is 1. The van der Waals surface area contributed by atoms with Crippen LogP contribution in [0.3, 0.4) is 0 Å². The zero-order valence-corrected chi connectivity index (χ0v) is 8.66. The number of aliphatic carboxylic acids is 1. The third-order valence-electron chi connectivity index (χ3n) is 2.03. The first kappa shape index (κ1) is 12.8. The third-order valence-corrected chi connectivity index (χ3v) is 2.53. The summed E-state index contributed by atoms with van der Waals surface area (Å²) in [4.78, 5) is 10.8. The van der Waals surface area contributed by atoms with Gasteiger partial charge in [-0.05, 0) is 5.56 Å². The van der Waals surface area contributed by atoms with E-state index >= 15 is 0 Å². The van der Waals surface area contributed by atoms with E-state index in [1.165, 1.54) is 24.3 Å². The summed E-state index contributed by atoms with van der Waals surface area (Å²) in [6.45, 7) is 0. The van der Waals surface area contributed by atoms with E-state index in [2.05, 4.69) is 0 Å². The van der Waals surface area contributed by atoms with Crippen molar-refractivity contribution in [3.05, 3.63) is 35.9 Å². The van der Waals surface area contributed by atoms with E-state index in [-0.39, 0.29) is 5.56 Å². The lowest BCUT2D eigenvalue weighted by atomic mass is 9.95. The third kappa shape index (κ3) is 2.88. The first-order valence-electron chi connectivity index (χ1n) is 4.32. The normalized spacial score (nSPS) is 15.5. The van der Waals surface area contributed by atoms with E-state index in [0.29, 0.717) is 0 Å². The SMILES string of the molecule is O=C(O)C(c1ccccc1)C(Cl)C(F)(F)F. The highest BCUT2D eigenvalue weighted by molar-refractivity contribution is 6.23. The molecule has 1 aromatic carbocycles. The molecule has 88 valence electrons. The first-order valence-corrected chi connectivity index (χ1v) is 4.76. The molecule has 16 heavy (non-hydrogen) atoms. The van der Waals surface area contributed by atoms with Crippen LogP contribution in [0.2, 0.25) is 0 Å². The predicted octanol–water partition coefficient (Wildman–Crippen LogP) is 3.02. The summed E-state index contributed by atoms with van der Waals surface area (Å²) < 4.78 is 37.0. The fraction of sp³-hybridized carbons (Fsp3) is 0.300. The molecular weight excluding hydrogens is 245 g/mol. The number of carbonyl (C=O) groups is 1. The van der Waals surface area contributed by atoms with Crippen LogP contribution < -0.4 is 0 Å². The summed E-state index contributed by atoms with van der Waals surface area (Å²) in [5.74, 6) is -3.38. The van der Waals surface area contributed by atoms with Crippen molar-refractivity contribution in [3.8, 4) is 0 Å². The summed E-state index contributed by atoms with van der Waals surface area (Å²) in [5, 5.41) is 6.34. The number of alkyl halides is 4. The number of hydrogen-bond acceptors (Lipinski definition) is 1. The van der Waals surface area contributed by atoms with Crippen LogP contribution in [0.4, 0.5) is 13.2 Å². The maximum atomic E-state index is 12.3. The fourth-order valence-corrected chi connectivity index (χ4v) is 1.54. The Kier molecular flexibility index (Phi) is 3.80. The number of carboxylic acid groups (broad SMARTS) is 1. The van der Waals surface area contributed by atoms with Gasteiger partial charge < -0.3 is 5.11 Å². The maximum Gasteiger partial charge on any atom is 0.406 e. The van der Waals surface area contributed by atoms with Gasteiger partial charge in [0.1, 0.15) is 11.3 Å². The van der Waals surface area contributed by atoms with Crippen LogP contribution in [-0.2, 0) is 4.79 Å². The first-order chi connectivity index (χ1) is 7.34. The Labute approximate surface area is 94.6 Å². The number of halogens is 4. The van der Waals surface area contributed by atoms with Gasteiger partial charge in [0.25, 0.3) is 0 Å². The van der Waals surface area contributed by atoms with Crippen LogP contribution >= 0.6 is 11.6 Å². The second-order valence-corrected chi connectivity index (χ2v) is 3.64. The Bertz CT molecular complexity index is 364. The van der Waals surface area contributed by atoms with Crippen molar-refractivity contribution >= 4 is 17.6 Å². The number of carboxylic acids is 1. The van der Waals surface area contributed by atoms with E-state index in [4.69, 9.17) is 16.7 Å². The van der Waals surface area contributed by atoms with Crippen molar-refractivity contribution in [2.24, 2.45) is 0 Å². The van der Waals surface area contributed by atoms with E-state index in [1.807, 2.05) is 0 Å². The monoisotopic (exact) mass is 252 g/mol. The Morgan fingerprint density at radius 1 is 1.25 bits per heavy atom. The molecule has 0 aliphatic heterocycles. The topological polar surface area (TPSA) is 37.3 Å². The molecule has 0 saturated heterocycles. The molecule has 0 saturated carbocycles. The minimum absolute atomic E-state index is 0.0346. The Morgan fingerprint density at radius 2 is 1.75 bits per heavy atom. The highest BCUT2D eigenvalue weighted by Crippen LogP contribution is 2.36. The molecule has 0 aliphatic carbocycles. The molecule has 0 aromatic heterocycles. The largest absolute Gasteiger partial charge is 0.481 e. The smallest absolute Gasteiger partial charge is 0.406 e. The van der Waals surface area contributed by atoms with E-state index in [9.17, 15) is 18.0 Å². The predicted molar refractivity (Wildman–Crippen MR) is 52.5 cm³/mol. The highest BCUT2D eigenvalue weighted by Gasteiger charge is 2.47. The molecule has 0 fully saturated rings. The molecule has 6 heteroatoms. The molecular formula is C10H8ClF3O2. The van der Waals surface area contributed by atoms with E-state index in [1.54, 1.807) is 6.07 Å². The molecule has 0 spiro atoms.